The molecule has 0 aliphatic carbocycles. The van der Waals surface area contributed by atoms with Crippen LogP contribution in [0.3, 0.4) is 0 Å². The second-order valence-corrected chi connectivity index (χ2v) is 8.20. The van der Waals surface area contributed by atoms with Gasteiger partial charge in [0.1, 0.15) is 11.4 Å². The van der Waals surface area contributed by atoms with Gasteiger partial charge in [0, 0.05) is 31.0 Å². The molecule has 6 heteroatoms. The molecule has 2 amide bonds. The van der Waals surface area contributed by atoms with Crippen LogP contribution in [0.1, 0.15) is 16.7 Å². The summed E-state index contributed by atoms with van der Waals surface area (Å²) in [6, 6.07) is 22.8. The zero-order chi connectivity index (χ0) is 23.5. The van der Waals surface area contributed by atoms with E-state index in [2.05, 4.69) is 5.32 Å². The fourth-order valence-corrected chi connectivity index (χ4v) is 3.80. The topological polar surface area (TPSA) is 61.9 Å². The Balaban J connectivity index is 1.74. The lowest BCUT2D eigenvalue weighted by atomic mass is 10.0. The first-order chi connectivity index (χ1) is 15.9. The van der Waals surface area contributed by atoms with Gasteiger partial charge in [-0.05, 0) is 42.8 Å². The maximum absolute atomic E-state index is 13.5. The van der Waals surface area contributed by atoms with Crippen molar-refractivity contribution in [3.8, 4) is 5.75 Å². The molecular formula is C27H27N3O3. The van der Waals surface area contributed by atoms with E-state index in [1.807, 2.05) is 86.6 Å². The summed E-state index contributed by atoms with van der Waals surface area (Å²) in [5.41, 5.74) is 4.90. The molecule has 0 saturated carbocycles. The van der Waals surface area contributed by atoms with Gasteiger partial charge in [-0.3, -0.25) is 14.5 Å². The SMILES string of the molecule is COc1ccccc1C1=C(Nc2ccc(N(C)C)cc2)C(=O)N(Cc2ccc(C)cc2)C1=O. The third-order valence-corrected chi connectivity index (χ3v) is 5.66. The van der Waals surface area contributed by atoms with Gasteiger partial charge < -0.3 is 15.0 Å². The molecule has 0 bridgehead atoms. The number of para-hydroxylation sites is 1. The molecule has 33 heavy (non-hydrogen) atoms. The first-order valence-corrected chi connectivity index (χ1v) is 10.7. The quantitative estimate of drug-likeness (QED) is 0.549. The number of amides is 2. The van der Waals surface area contributed by atoms with E-state index in [4.69, 9.17) is 4.74 Å². The van der Waals surface area contributed by atoms with Gasteiger partial charge in [-0.2, -0.15) is 0 Å². The summed E-state index contributed by atoms with van der Waals surface area (Å²) in [4.78, 5) is 30.3. The highest BCUT2D eigenvalue weighted by atomic mass is 16.5. The standard InChI is InChI=1S/C27H27N3O3/c1-18-9-11-19(12-10-18)17-30-26(31)24(22-7-5-6-8-23(22)33-4)25(27(30)32)28-20-13-15-21(16-14-20)29(2)3/h5-16,28H,17H2,1-4H3. The largest absolute Gasteiger partial charge is 0.496 e. The Labute approximate surface area is 194 Å². The summed E-state index contributed by atoms with van der Waals surface area (Å²) >= 11 is 0. The monoisotopic (exact) mass is 441 g/mol. The maximum atomic E-state index is 13.5. The lowest BCUT2D eigenvalue weighted by molar-refractivity contribution is -0.137. The van der Waals surface area contributed by atoms with E-state index < -0.39 is 0 Å². The molecule has 0 fully saturated rings. The van der Waals surface area contributed by atoms with Crippen molar-refractivity contribution in [1.82, 2.24) is 4.90 Å². The number of methoxy groups -OCH3 is 1. The molecule has 1 aliphatic rings. The number of carbonyl (C=O) groups is 2. The van der Waals surface area contributed by atoms with Gasteiger partial charge in [-0.1, -0.05) is 48.0 Å². The van der Waals surface area contributed by atoms with Gasteiger partial charge in [0.2, 0.25) is 0 Å². The number of anilines is 2. The van der Waals surface area contributed by atoms with E-state index in [9.17, 15) is 9.59 Å². The number of imide groups is 1. The predicted octanol–water partition coefficient (Wildman–Crippen LogP) is 4.46. The first-order valence-electron chi connectivity index (χ1n) is 10.7. The zero-order valence-electron chi connectivity index (χ0n) is 19.3. The fraction of sp³-hybridized carbons (Fsp3) is 0.185. The average molecular weight is 442 g/mol. The summed E-state index contributed by atoms with van der Waals surface area (Å²) in [6.07, 6.45) is 0. The van der Waals surface area contributed by atoms with Crippen molar-refractivity contribution < 1.29 is 14.3 Å². The number of carbonyl (C=O) groups excluding carboxylic acids is 2. The number of ether oxygens (including phenoxy) is 1. The molecule has 3 aromatic rings. The van der Waals surface area contributed by atoms with E-state index >= 15 is 0 Å². The van der Waals surface area contributed by atoms with E-state index in [0.29, 0.717) is 16.9 Å². The van der Waals surface area contributed by atoms with E-state index in [-0.39, 0.29) is 24.1 Å². The number of hydrogen-bond donors (Lipinski definition) is 1. The highest BCUT2D eigenvalue weighted by Crippen LogP contribution is 2.36. The van der Waals surface area contributed by atoms with Gasteiger partial charge in [-0.25, -0.2) is 0 Å². The van der Waals surface area contributed by atoms with Crippen LogP contribution in [0.25, 0.3) is 5.57 Å². The minimum atomic E-state index is -0.363. The molecule has 168 valence electrons. The fourth-order valence-electron chi connectivity index (χ4n) is 3.80. The summed E-state index contributed by atoms with van der Waals surface area (Å²) in [5.74, 6) is -0.177. The normalized spacial score (nSPS) is 13.5. The molecule has 1 aliphatic heterocycles. The molecule has 1 N–H and O–H groups in total. The third-order valence-electron chi connectivity index (χ3n) is 5.66. The van der Waals surface area contributed by atoms with Crippen LogP contribution < -0.4 is 15.0 Å². The van der Waals surface area contributed by atoms with E-state index in [0.717, 1.165) is 22.5 Å². The first kappa shape index (κ1) is 22.1. The summed E-state index contributed by atoms with van der Waals surface area (Å²) in [6.45, 7) is 2.20. The minimum absolute atomic E-state index is 0.196. The highest BCUT2D eigenvalue weighted by molar-refractivity contribution is 6.36. The second-order valence-electron chi connectivity index (χ2n) is 8.20. The molecule has 0 spiro atoms. The number of benzene rings is 3. The molecule has 1 heterocycles. The predicted molar refractivity (Wildman–Crippen MR) is 131 cm³/mol. The Morgan fingerprint density at radius 2 is 1.55 bits per heavy atom. The van der Waals surface area contributed by atoms with Crippen molar-refractivity contribution in [3.05, 3.63) is 95.2 Å². The van der Waals surface area contributed by atoms with Gasteiger partial charge in [0.05, 0.1) is 19.2 Å². The smallest absolute Gasteiger partial charge is 0.278 e. The molecule has 4 rings (SSSR count). The van der Waals surface area contributed by atoms with Crippen LogP contribution >= 0.6 is 0 Å². The number of nitrogens with zero attached hydrogens (tertiary/aromatic N) is 2. The summed E-state index contributed by atoms with van der Waals surface area (Å²) in [7, 11) is 5.48. The second kappa shape index (κ2) is 9.20. The number of aryl methyl sites for hydroxylation is 1. The molecule has 3 aromatic carbocycles. The van der Waals surface area contributed by atoms with E-state index in [1.165, 1.54) is 4.90 Å². The Hall–Kier alpha value is -4.06. The van der Waals surface area contributed by atoms with Crippen molar-refractivity contribution in [2.75, 3.05) is 31.4 Å². The van der Waals surface area contributed by atoms with Crippen molar-refractivity contribution in [1.29, 1.82) is 0 Å². The Morgan fingerprint density at radius 1 is 0.879 bits per heavy atom. The Morgan fingerprint density at radius 3 is 2.18 bits per heavy atom. The van der Waals surface area contributed by atoms with Crippen LogP contribution in [0.15, 0.2) is 78.5 Å². The van der Waals surface area contributed by atoms with Crippen LogP contribution in [0.4, 0.5) is 11.4 Å². The molecule has 0 unspecified atom stereocenters. The van der Waals surface area contributed by atoms with Crippen LogP contribution in [0, 0.1) is 6.92 Å². The number of hydrogen-bond acceptors (Lipinski definition) is 5. The number of nitrogens with one attached hydrogen (secondary N) is 1. The Kier molecular flexibility index (Phi) is 6.18. The summed E-state index contributed by atoms with van der Waals surface area (Å²) < 4.78 is 5.50. The summed E-state index contributed by atoms with van der Waals surface area (Å²) in [5, 5.41) is 3.21. The zero-order valence-corrected chi connectivity index (χ0v) is 19.3. The van der Waals surface area contributed by atoms with Gasteiger partial charge >= 0.3 is 0 Å². The van der Waals surface area contributed by atoms with E-state index in [1.54, 1.807) is 19.2 Å². The van der Waals surface area contributed by atoms with Gasteiger partial charge in [0.25, 0.3) is 11.8 Å². The maximum Gasteiger partial charge on any atom is 0.278 e. The van der Waals surface area contributed by atoms with Crippen LogP contribution in [0.5, 0.6) is 5.75 Å². The van der Waals surface area contributed by atoms with Crippen molar-refractivity contribution in [3.63, 3.8) is 0 Å². The van der Waals surface area contributed by atoms with Crippen LogP contribution in [-0.2, 0) is 16.1 Å². The van der Waals surface area contributed by atoms with Gasteiger partial charge in [-0.15, -0.1) is 0 Å². The average Bonchev–Trinajstić information content (AvgIpc) is 3.04. The minimum Gasteiger partial charge on any atom is -0.496 e. The molecule has 0 atom stereocenters. The molecular weight excluding hydrogens is 414 g/mol. The molecule has 0 radical (unpaired) electrons. The van der Waals surface area contributed by atoms with Crippen LogP contribution in [0.2, 0.25) is 0 Å². The molecule has 0 aromatic heterocycles. The van der Waals surface area contributed by atoms with Crippen molar-refractivity contribution in [2.24, 2.45) is 0 Å². The molecule has 0 saturated heterocycles. The lowest BCUT2D eigenvalue weighted by Gasteiger charge is -2.16. The highest BCUT2D eigenvalue weighted by Gasteiger charge is 2.40. The Bertz CT molecular complexity index is 1210. The lowest BCUT2D eigenvalue weighted by Crippen LogP contribution is -2.32. The van der Waals surface area contributed by atoms with Crippen molar-refractivity contribution in [2.45, 2.75) is 13.5 Å². The number of rotatable bonds is 7. The molecule has 6 nitrogen and oxygen atoms in total. The van der Waals surface area contributed by atoms with Gasteiger partial charge in [0.15, 0.2) is 0 Å². The third kappa shape index (κ3) is 4.46. The van der Waals surface area contributed by atoms with Crippen LogP contribution in [-0.4, -0.2) is 37.9 Å². The van der Waals surface area contributed by atoms with Crippen molar-refractivity contribution >= 4 is 28.8 Å².